The van der Waals surface area contributed by atoms with Crippen LogP contribution in [0.25, 0.3) is 10.6 Å². The van der Waals surface area contributed by atoms with Gasteiger partial charge in [0.15, 0.2) is 11.5 Å². The van der Waals surface area contributed by atoms with Gasteiger partial charge in [-0.15, -0.1) is 36.2 Å². The lowest BCUT2D eigenvalue weighted by atomic mass is 10.1. The molecule has 0 saturated carbocycles. The van der Waals surface area contributed by atoms with Crippen LogP contribution < -0.4 is 20.1 Å². The molecular formula is C17H21Cl2N3O4S. The van der Waals surface area contributed by atoms with Gasteiger partial charge in [-0.3, -0.25) is 4.79 Å². The van der Waals surface area contributed by atoms with Crippen molar-refractivity contribution in [3.05, 3.63) is 29.3 Å². The largest absolute Gasteiger partial charge is 0.454 e. The first-order valence-electron chi connectivity index (χ1n) is 8.19. The second-order valence-corrected chi connectivity index (χ2v) is 7.04. The second-order valence-electron chi connectivity index (χ2n) is 6.18. The summed E-state index contributed by atoms with van der Waals surface area (Å²) in [6, 6.07) is 5.70. The number of benzene rings is 1. The minimum absolute atomic E-state index is 0. The maximum Gasteiger partial charge on any atom is 0.231 e. The Kier molecular flexibility index (Phi) is 7.69. The van der Waals surface area contributed by atoms with Crippen LogP contribution in [-0.2, 0) is 11.2 Å². The number of aromatic nitrogens is 1. The number of aliphatic hydroxyl groups excluding tert-OH is 1. The van der Waals surface area contributed by atoms with Crippen molar-refractivity contribution >= 4 is 42.1 Å². The fourth-order valence-electron chi connectivity index (χ4n) is 2.95. The Morgan fingerprint density at radius 2 is 2.11 bits per heavy atom. The van der Waals surface area contributed by atoms with Crippen molar-refractivity contribution < 1.29 is 19.4 Å². The van der Waals surface area contributed by atoms with Gasteiger partial charge in [-0.05, 0) is 18.2 Å². The number of halogens is 2. The molecule has 2 aliphatic heterocycles. The first-order chi connectivity index (χ1) is 12.2. The van der Waals surface area contributed by atoms with Crippen LogP contribution in [0, 0.1) is 5.92 Å². The Balaban J connectivity index is 0.00000131. The van der Waals surface area contributed by atoms with Crippen LogP contribution in [0.15, 0.2) is 23.6 Å². The number of fused-ring (bicyclic) bond motifs is 1. The molecule has 2 aromatic rings. The number of nitrogens with zero attached hydrogens (tertiary/aromatic N) is 1. The molecule has 0 bridgehead atoms. The van der Waals surface area contributed by atoms with Gasteiger partial charge in [0.2, 0.25) is 12.7 Å². The van der Waals surface area contributed by atoms with Crippen molar-refractivity contribution in [1.29, 1.82) is 0 Å². The van der Waals surface area contributed by atoms with Crippen LogP contribution in [-0.4, -0.2) is 48.5 Å². The van der Waals surface area contributed by atoms with Crippen molar-refractivity contribution in [2.24, 2.45) is 5.92 Å². The van der Waals surface area contributed by atoms with Gasteiger partial charge in [-0.1, -0.05) is 0 Å². The third-order valence-corrected chi connectivity index (χ3v) is 5.32. The second kappa shape index (κ2) is 9.57. The quantitative estimate of drug-likeness (QED) is 0.663. The van der Waals surface area contributed by atoms with Gasteiger partial charge < -0.3 is 25.2 Å². The summed E-state index contributed by atoms with van der Waals surface area (Å²) in [5, 5.41) is 18.5. The summed E-state index contributed by atoms with van der Waals surface area (Å²) >= 11 is 1.50. The molecule has 2 atom stereocenters. The zero-order valence-corrected chi connectivity index (χ0v) is 16.8. The van der Waals surface area contributed by atoms with E-state index in [4.69, 9.17) is 9.47 Å². The number of aliphatic hydroxyl groups is 1. The molecule has 0 spiro atoms. The summed E-state index contributed by atoms with van der Waals surface area (Å²) < 4.78 is 10.7. The Hall–Kier alpha value is -1.58. The van der Waals surface area contributed by atoms with Crippen molar-refractivity contribution in [1.82, 2.24) is 15.6 Å². The average molecular weight is 434 g/mol. The number of thiazole rings is 1. The highest BCUT2D eigenvalue weighted by Crippen LogP contribution is 2.36. The normalized spacial score (nSPS) is 19.9. The van der Waals surface area contributed by atoms with Gasteiger partial charge in [0.05, 0.1) is 18.2 Å². The number of amides is 1. The molecule has 0 radical (unpaired) electrons. The van der Waals surface area contributed by atoms with E-state index in [1.807, 2.05) is 23.6 Å². The standard InChI is InChI=1S/C17H19N3O4S.2ClH/c21-13-7-18-5-11(13)6-19-16(22)4-12-8-25-17(20-12)10-1-2-14-15(3-10)24-9-23-14;;/h1-3,8,11,13,18,21H,4-7,9H2,(H,19,22);2*1H. The highest BCUT2D eigenvalue weighted by atomic mass is 35.5. The summed E-state index contributed by atoms with van der Waals surface area (Å²) in [6.07, 6.45) is -0.158. The number of ether oxygens (including phenoxy) is 2. The molecule has 4 rings (SSSR count). The summed E-state index contributed by atoms with van der Waals surface area (Å²) in [7, 11) is 0. The molecule has 1 aromatic carbocycles. The third-order valence-electron chi connectivity index (χ3n) is 4.38. The van der Waals surface area contributed by atoms with E-state index in [1.165, 1.54) is 11.3 Å². The van der Waals surface area contributed by atoms with Crippen LogP contribution in [0.3, 0.4) is 0 Å². The highest BCUT2D eigenvalue weighted by Gasteiger charge is 2.25. The van der Waals surface area contributed by atoms with Crippen molar-refractivity contribution in [3.8, 4) is 22.1 Å². The Morgan fingerprint density at radius 1 is 1.30 bits per heavy atom. The monoisotopic (exact) mass is 433 g/mol. The third kappa shape index (κ3) is 5.03. The molecule has 7 nitrogen and oxygen atoms in total. The van der Waals surface area contributed by atoms with E-state index in [-0.39, 0.29) is 49.9 Å². The summed E-state index contributed by atoms with van der Waals surface area (Å²) in [5.41, 5.74) is 1.68. The molecule has 10 heteroatoms. The van der Waals surface area contributed by atoms with E-state index in [0.717, 1.165) is 34.3 Å². The van der Waals surface area contributed by atoms with E-state index in [2.05, 4.69) is 15.6 Å². The lowest BCUT2D eigenvalue weighted by Gasteiger charge is -2.13. The number of nitrogens with one attached hydrogen (secondary N) is 2. The highest BCUT2D eigenvalue weighted by molar-refractivity contribution is 7.13. The minimum atomic E-state index is -0.391. The fraction of sp³-hybridized carbons (Fsp3) is 0.412. The molecule has 3 heterocycles. The SMILES string of the molecule is Cl.Cl.O=C(Cc1csc(-c2ccc3c(c2)OCO3)n1)NCC1CNCC1O. The predicted molar refractivity (Wildman–Crippen MR) is 107 cm³/mol. The van der Waals surface area contributed by atoms with Crippen LogP contribution in [0.1, 0.15) is 5.69 Å². The maximum absolute atomic E-state index is 12.1. The minimum Gasteiger partial charge on any atom is -0.454 e. The molecular weight excluding hydrogens is 413 g/mol. The Bertz CT molecular complexity index is 789. The van der Waals surface area contributed by atoms with Crippen molar-refractivity contribution in [2.75, 3.05) is 26.4 Å². The molecule has 2 aliphatic rings. The maximum atomic E-state index is 12.1. The van der Waals surface area contributed by atoms with Crippen LogP contribution in [0.5, 0.6) is 11.5 Å². The van der Waals surface area contributed by atoms with Gasteiger partial charge in [-0.25, -0.2) is 4.98 Å². The molecule has 0 aliphatic carbocycles. The van der Waals surface area contributed by atoms with Gasteiger partial charge in [0, 0.05) is 36.5 Å². The molecule has 2 unspecified atom stereocenters. The van der Waals surface area contributed by atoms with Crippen LogP contribution >= 0.6 is 36.2 Å². The molecule has 1 amide bonds. The van der Waals surface area contributed by atoms with Gasteiger partial charge in [0.25, 0.3) is 0 Å². The van der Waals surface area contributed by atoms with Gasteiger partial charge in [-0.2, -0.15) is 0 Å². The smallest absolute Gasteiger partial charge is 0.231 e. The molecule has 27 heavy (non-hydrogen) atoms. The van der Waals surface area contributed by atoms with Crippen molar-refractivity contribution in [2.45, 2.75) is 12.5 Å². The average Bonchev–Trinajstić information content (AvgIpc) is 3.33. The predicted octanol–water partition coefficient (Wildman–Crippen LogP) is 1.62. The van der Waals surface area contributed by atoms with E-state index in [1.54, 1.807) is 0 Å². The number of carbonyl (C=O) groups is 1. The van der Waals surface area contributed by atoms with E-state index < -0.39 is 6.10 Å². The zero-order chi connectivity index (χ0) is 17.2. The molecule has 1 aromatic heterocycles. The molecule has 148 valence electrons. The van der Waals surface area contributed by atoms with Crippen molar-refractivity contribution in [3.63, 3.8) is 0 Å². The molecule has 3 N–H and O–H groups in total. The number of carbonyl (C=O) groups excluding carboxylic acids is 1. The summed E-state index contributed by atoms with van der Waals surface area (Å²) in [5.74, 6) is 1.45. The van der Waals surface area contributed by atoms with E-state index >= 15 is 0 Å². The zero-order valence-electron chi connectivity index (χ0n) is 14.3. The Morgan fingerprint density at radius 3 is 2.89 bits per heavy atom. The summed E-state index contributed by atoms with van der Waals surface area (Å²) in [4.78, 5) is 16.6. The molecule has 1 saturated heterocycles. The first-order valence-corrected chi connectivity index (χ1v) is 9.07. The van der Waals surface area contributed by atoms with Crippen LogP contribution in [0.2, 0.25) is 0 Å². The number of rotatable bonds is 5. The number of hydrogen-bond acceptors (Lipinski definition) is 7. The first kappa shape index (κ1) is 21.7. The van der Waals surface area contributed by atoms with E-state index in [0.29, 0.717) is 13.1 Å². The number of hydrogen-bond donors (Lipinski definition) is 3. The fourth-order valence-corrected chi connectivity index (χ4v) is 3.77. The van der Waals surface area contributed by atoms with Gasteiger partial charge in [0.1, 0.15) is 5.01 Å². The lowest BCUT2D eigenvalue weighted by molar-refractivity contribution is -0.120. The lowest BCUT2D eigenvalue weighted by Crippen LogP contribution is -2.35. The number of β-amino-alcohol motifs (C(OH)–C–C–N with tert-alkyl or cyclic N) is 1. The summed E-state index contributed by atoms with van der Waals surface area (Å²) in [6.45, 7) is 2.04. The molecule has 1 fully saturated rings. The van der Waals surface area contributed by atoms with Crippen LogP contribution in [0.4, 0.5) is 0 Å². The van der Waals surface area contributed by atoms with E-state index in [9.17, 15) is 9.90 Å². The Labute approximate surface area is 173 Å². The topological polar surface area (TPSA) is 92.7 Å². The van der Waals surface area contributed by atoms with Gasteiger partial charge >= 0.3 is 0 Å².